The van der Waals surface area contributed by atoms with Gasteiger partial charge in [-0.1, -0.05) is 170 Å². The van der Waals surface area contributed by atoms with Gasteiger partial charge in [-0.05, 0) is 74.8 Å². The number of nitrogens with zero attached hydrogens (tertiary/aromatic N) is 1. The van der Waals surface area contributed by atoms with E-state index in [-0.39, 0.29) is 0 Å². The number of rotatable bonds is 6. The van der Waals surface area contributed by atoms with Crippen molar-refractivity contribution in [3.05, 3.63) is 212 Å². The van der Waals surface area contributed by atoms with Crippen LogP contribution in [0.1, 0.15) is 0 Å². The standard InChI is InChI=1S/C56H35NOS/c1-2-14-36(15-3-1)37-26-28-38(29-27-37)55-48-21-6-4-17-42(48)43-18-5-7-22-49(43)56(55)57(40-31-33-45-44-19-9-12-24-51(44)58-52(45)35-40)50-23-11-8-16-41(50)39-30-32-47-46-20-10-13-25-53(46)59-54(47)34-39/h1-35H. The maximum Gasteiger partial charge on any atom is 0.137 e. The van der Waals surface area contributed by atoms with Gasteiger partial charge in [-0.2, -0.15) is 0 Å². The fraction of sp³-hybridized carbons (Fsp3) is 0. The van der Waals surface area contributed by atoms with Gasteiger partial charge in [-0.25, -0.2) is 0 Å². The highest BCUT2D eigenvalue weighted by Gasteiger charge is 2.26. The molecule has 2 heterocycles. The second kappa shape index (κ2) is 13.6. The van der Waals surface area contributed by atoms with Gasteiger partial charge < -0.3 is 9.32 Å². The zero-order valence-electron chi connectivity index (χ0n) is 32.0. The van der Waals surface area contributed by atoms with Gasteiger partial charge in [-0.15, -0.1) is 11.3 Å². The number of para-hydroxylation sites is 2. The van der Waals surface area contributed by atoms with Crippen LogP contribution in [-0.2, 0) is 0 Å². The molecule has 0 saturated heterocycles. The molecule has 0 aliphatic rings. The van der Waals surface area contributed by atoms with Crippen LogP contribution in [0.15, 0.2) is 217 Å². The molecule has 0 atom stereocenters. The average Bonchev–Trinajstić information content (AvgIpc) is 3.87. The first-order chi connectivity index (χ1) is 29.3. The van der Waals surface area contributed by atoms with Gasteiger partial charge in [0.1, 0.15) is 11.2 Å². The van der Waals surface area contributed by atoms with Gasteiger partial charge in [-0.3, -0.25) is 0 Å². The number of fused-ring (bicyclic) bond motifs is 9. The zero-order valence-corrected chi connectivity index (χ0v) is 32.8. The highest BCUT2D eigenvalue weighted by atomic mass is 32.1. The molecular formula is C56H35NOS. The van der Waals surface area contributed by atoms with Crippen LogP contribution in [0.5, 0.6) is 0 Å². The zero-order chi connectivity index (χ0) is 38.9. The summed E-state index contributed by atoms with van der Waals surface area (Å²) in [7, 11) is 0. The molecule has 0 unspecified atom stereocenters. The summed E-state index contributed by atoms with van der Waals surface area (Å²) in [6.45, 7) is 0. The van der Waals surface area contributed by atoms with Crippen molar-refractivity contribution in [2.24, 2.45) is 0 Å². The van der Waals surface area contributed by atoms with Crippen molar-refractivity contribution >= 4 is 92.1 Å². The van der Waals surface area contributed by atoms with Crippen LogP contribution in [0.4, 0.5) is 17.1 Å². The second-order valence-corrected chi connectivity index (χ2v) is 16.3. The molecule has 2 aromatic heterocycles. The summed E-state index contributed by atoms with van der Waals surface area (Å²) < 4.78 is 9.20. The summed E-state index contributed by atoms with van der Waals surface area (Å²) in [6, 6.07) is 77.1. The minimum atomic E-state index is 0.858. The first-order valence-corrected chi connectivity index (χ1v) is 20.9. The molecule has 12 rings (SSSR count). The molecule has 0 saturated carbocycles. The van der Waals surface area contributed by atoms with Crippen molar-refractivity contribution in [2.75, 3.05) is 4.90 Å². The predicted molar refractivity (Wildman–Crippen MR) is 253 cm³/mol. The summed E-state index contributed by atoms with van der Waals surface area (Å²) in [5, 5.41) is 9.63. The SMILES string of the molecule is c1ccc(-c2ccc(-c3c(N(c4ccc5c(c4)oc4ccccc45)c4ccccc4-c4ccc5c(c4)sc4ccccc45)c4ccccc4c4ccccc34)cc2)cc1. The Kier molecular flexibility index (Phi) is 7.75. The molecule has 3 heteroatoms. The summed E-state index contributed by atoms with van der Waals surface area (Å²) in [4.78, 5) is 2.49. The van der Waals surface area contributed by atoms with E-state index in [1.54, 1.807) is 0 Å². The largest absolute Gasteiger partial charge is 0.456 e. The van der Waals surface area contributed by atoms with Crippen LogP contribution in [0, 0.1) is 0 Å². The van der Waals surface area contributed by atoms with Crippen molar-refractivity contribution < 1.29 is 4.42 Å². The van der Waals surface area contributed by atoms with E-state index in [0.717, 1.165) is 50.1 Å². The maximum absolute atomic E-state index is 6.61. The highest BCUT2D eigenvalue weighted by molar-refractivity contribution is 7.25. The molecule has 0 spiro atoms. The number of hydrogen-bond donors (Lipinski definition) is 0. The first-order valence-electron chi connectivity index (χ1n) is 20.1. The number of furan rings is 1. The Morgan fingerprint density at radius 1 is 0.339 bits per heavy atom. The summed E-state index contributed by atoms with van der Waals surface area (Å²) in [5.41, 5.74) is 12.0. The third-order valence-electron chi connectivity index (χ3n) is 11.9. The number of thiophene rings is 1. The Labute approximate surface area is 345 Å². The molecule has 0 aliphatic carbocycles. The van der Waals surface area contributed by atoms with E-state index in [2.05, 4.69) is 211 Å². The Morgan fingerprint density at radius 3 is 1.73 bits per heavy atom. The quantitative estimate of drug-likeness (QED) is 0.157. The molecule has 0 bridgehead atoms. The Hall–Kier alpha value is -7.46. The lowest BCUT2D eigenvalue weighted by atomic mass is 9.89. The number of anilines is 3. The van der Waals surface area contributed by atoms with E-state index < -0.39 is 0 Å². The van der Waals surface area contributed by atoms with Gasteiger partial charge >= 0.3 is 0 Å². The van der Waals surface area contributed by atoms with E-state index in [1.807, 2.05) is 17.4 Å². The van der Waals surface area contributed by atoms with E-state index in [1.165, 1.54) is 64.0 Å². The molecule has 0 amide bonds. The second-order valence-electron chi connectivity index (χ2n) is 15.2. The van der Waals surface area contributed by atoms with E-state index in [4.69, 9.17) is 4.42 Å². The third-order valence-corrected chi connectivity index (χ3v) is 13.0. The molecule has 0 radical (unpaired) electrons. The summed E-state index contributed by atoms with van der Waals surface area (Å²) in [6.07, 6.45) is 0. The molecule has 12 aromatic rings. The number of benzene rings is 10. The molecule has 276 valence electrons. The molecular weight excluding hydrogens is 735 g/mol. The smallest absolute Gasteiger partial charge is 0.137 e. The monoisotopic (exact) mass is 769 g/mol. The average molecular weight is 770 g/mol. The van der Waals surface area contributed by atoms with E-state index >= 15 is 0 Å². The summed E-state index contributed by atoms with van der Waals surface area (Å²) in [5.74, 6) is 0. The topological polar surface area (TPSA) is 16.4 Å². The third kappa shape index (κ3) is 5.47. The van der Waals surface area contributed by atoms with Crippen LogP contribution in [0.3, 0.4) is 0 Å². The molecule has 2 nitrogen and oxygen atoms in total. The van der Waals surface area contributed by atoms with Crippen LogP contribution in [-0.4, -0.2) is 0 Å². The van der Waals surface area contributed by atoms with Crippen LogP contribution in [0.25, 0.3) is 97.0 Å². The lowest BCUT2D eigenvalue weighted by Gasteiger charge is -2.32. The Bertz CT molecular complexity index is 3560. The van der Waals surface area contributed by atoms with Crippen LogP contribution >= 0.6 is 11.3 Å². The lowest BCUT2D eigenvalue weighted by Crippen LogP contribution is -2.13. The van der Waals surface area contributed by atoms with Crippen molar-refractivity contribution in [1.82, 2.24) is 0 Å². The van der Waals surface area contributed by atoms with Gasteiger partial charge in [0.2, 0.25) is 0 Å². The van der Waals surface area contributed by atoms with Gasteiger partial charge in [0.15, 0.2) is 0 Å². The van der Waals surface area contributed by atoms with Gasteiger partial charge in [0, 0.05) is 59.2 Å². The normalized spacial score (nSPS) is 11.7. The predicted octanol–water partition coefficient (Wildman–Crippen LogP) is 16.7. The van der Waals surface area contributed by atoms with E-state index in [0.29, 0.717) is 0 Å². The Morgan fingerprint density at radius 2 is 0.898 bits per heavy atom. The molecule has 0 N–H and O–H groups in total. The maximum atomic E-state index is 6.61. The molecule has 10 aromatic carbocycles. The molecule has 0 fully saturated rings. The molecule has 0 aliphatic heterocycles. The lowest BCUT2D eigenvalue weighted by molar-refractivity contribution is 0.669. The minimum absolute atomic E-state index is 0.858. The van der Waals surface area contributed by atoms with Gasteiger partial charge in [0.25, 0.3) is 0 Å². The van der Waals surface area contributed by atoms with Crippen molar-refractivity contribution in [3.63, 3.8) is 0 Å². The van der Waals surface area contributed by atoms with Gasteiger partial charge in [0.05, 0.1) is 11.4 Å². The first kappa shape index (κ1) is 33.7. The fourth-order valence-electron chi connectivity index (χ4n) is 9.16. The van der Waals surface area contributed by atoms with Crippen molar-refractivity contribution in [2.45, 2.75) is 0 Å². The minimum Gasteiger partial charge on any atom is -0.456 e. The summed E-state index contributed by atoms with van der Waals surface area (Å²) >= 11 is 1.86. The van der Waals surface area contributed by atoms with Crippen LogP contribution < -0.4 is 4.90 Å². The van der Waals surface area contributed by atoms with Crippen LogP contribution in [0.2, 0.25) is 0 Å². The number of hydrogen-bond acceptors (Lipinski definition) is 3. The van der Waals surface area contributed by atoms with Crippen molar-refractivity contribution in [1.29, 1.82) is 0 Å². The highest BCUT2D eigenvalue weighted by Crippen LogP contribution is 2.52. The fourth-order valence-corrected chi connectivity index (χ4v) is 10.3. The van der Waals surface area contributed by atoms with Crippen molar-refractivity contribution in [3.8, 4) is 33.4 Å². The Balaban J connectivity index is 1.18. The van der Waals surface area contributed by atoms with E-state index in [9.17, 15) is 0 Å². The molecule has 59 heavy (non-hydrogen) atoms.